The van der Waals surface area contributed by atoms with E-state index in [1.165, 1.54) is 6.92 Å². The van der Waals surface area contributed by atoms with Crippen molar-refractivity contribution in [3.8, 4) is 5.75 Å². The molecular weight excluding hydrogens is 450 g/mol. The van der Waals surface area contributed by atoms with Gasteiger partial charge in [-0.3, -0.25) is 9.63 Å². The Balaban J connectivity index is 1.39. The fourth-order valence-corrected chi connectivity index (χ4v) is 5.29. The van der Waals surface area contributed by atoms with Gasteiger partial charge in [-0.2, -0.15) is 5.06 Å². The van der Waals surface area contributed by atoms with Crippen LogP contribution < -0.4 is 4.74 Å². The van der Waals surface area contributed by atoms with Gasteiger partial charge in [0.05, 0.1) is 19.8 Å². The molecule has 0 bridgehead atoms. The lowest BCUT2D eigenvalue weighted by Gasteiger charge is -2.59. The zero-order valence-corrected chi connectivity index (χ0v) is 22.2. The molecule has 0 radical (unpaired) electrons. The summed E-state index contributed by atoms with van der Waals surface area (Å²) in [5.41, 5.74) is 0.0489. The van der Waals surface area contributed by atoms with Crippen LogP contribution in [0.1, 0.15) is 73.0 Å². The number of nitrogens with zero attached hydrogens (tertiary/aromatic N) is 1. The van der Waals surface area contributed by atoms with Gasteiger partial charge in [-0.05, 0) is 52.3 Å². The first-order chi connectivity index (χ1) is 16.3. The number of hydrogen-bond donors (Lipinski definition) is 0. The van der Waals surface area contributed by atoms with E-state index in [9.17, 15) is 4.79 Å². The van der Waals surface area contributed by atoms with Crippen molar-refractivity contribution in [3.05, 3.63) is 29.8 Å². The van der Waals surface area contributed by atoms with Crippen LogP contribution in [0.15, 0.2) is 24.3 Å². The number of hydroxylamine groups is 2. The second kappa shape index (κ2) is 9.63. The average molecular weight is 492 g/mol. The molecule has 8 nitrogen and oxygen atoms in total. The van der Waals surface area contributed by atoms with Crippen molar-refractivity contribution >= 4 is 5.97 Å². The van der Waals surface area contributed by atoms with E-state index in [4.69, 9.17) is 28.5 Å². The van der Waals surface area contributed by atoms with Crippen LogP contribution >= 0.6 is 0 Å². The summed E-state index contributed by atoms with van der Waals surface area (Å²) in [6, 6.07) is 8.07. The highest BCUT2D eigenvalue weighted by atomic mass is 16.7. The van der Waals surface area contributed by atoms with Gasteiger partial charge in [0.1, 0.15) is 31.2 Å². The number of piperidine rings is 1. The van der Waals surface area contributed by atoms with Crippen molar-refractivity contribution in [3.63, 3.8) is 0 Å². The topological polar surface area (TPSA) is 79.0 Å². The number of rotatable bonds is 8. The summed E-state index contributed by atoms with van der Waals surface area (Å²) in [6.45, 7) is 16.8. The third-order valence-electron chi connectivity index (χ3n) is 6.95. The number of benzene rings is 1. The smallest absolute Gasteiger partial charge is 0.302 e. The van der Waals surface area contributed by atoms with Crippen molar-refractivity contribution in [1.29, 1.82) is 0 Å². The quantitative estimate of drug-likeness (QED) is 0.391. The van der Waals surface area contributed by atoms with Crippen LogP contribution in [0.4, 0.5) is 0 Å². The number of esters is 1. The molecule has 1 aromatic rings. The first-order valence-electron chi connectivity index (χ1n) is 12.5. The molecule has 3 aliphatic rings. The minimum Gasteiger partial charge on any atom is -0.491 e. The van der Waals surface area contributed by atoms with E-state index < -0.39 is 5.79 Å². The molecule has 0 saturated carbocycles. The average Bonchev–Trinajstić information content (AvgIpc) is 3.60. The van der Waals surface area contributed by atoms with Crippen molar-refractivity contribution in [1.82, 2.24) is 5.06 Å². The maximum atomic E-state index is 11.3. The van der Waals surface area contributed by atoms with Gasteiger partial charge < -0.3 is 23.7 Å². The minimum absolute atomic E-state index is 0.136. The Hall–Kier alpha value is -1.71. The molecule has 0 amide bonds. The highest BCUT2D eigenvalue weighted by molar-refractivity contribution is 5.65. The minimum atomic E-state index is -0.698. The molecule has 1 aromatic carbocycles. The molecule has 1 spiro atoms. The molecule has 3 heterocycles. The van der Waals surface area contributed by atoms with E-state index in [2.05, 4.69) is 51.8 Å². The largest absolute Gasteiger partial charge is 0.491 e. The van der Waals surface area contributed by atoms with Gasteiger partial charge in [-0.25, -0.2) is 0 Å². The van der Waals surface area contributed by atoms with Gasteiger partial charge in [0.15, 0.2) is 5.79 Å². The first-order valence-corrected chi connectivity index (χ1v) is 12.5. The van der Waals surface area contributed by atoms with Crippen LogP contribution in [0.25, 0.3) is 0 Å². The normalized spacial score (nSPS) is 27.2. The summed E-state index contributed by atoms with van der Waals surface area (Å²) in [4.78, 5) is 17.9. The first kappa shape index (κ1) is 26.4. The van der Waals surface area contributed by atoms with E-state index in [0.717, 1.165) is 17.9 Å². The summed E-state index contributed by atoms with van der Waals surface area (Å²) in [5.74, 6) is -0.150. The van der Waals surface area contributed by atoms with Crippen LogP contribution in [0.2, 0.25) is 0 Å². The Labute approximate surface area is 209 Å². The number of hydrogen-bond acceptors (Lipinski definition) is 8. The van der Waals surface area contributed by atoms with Gasteiger partial charge in [-0.15, -0.1) is 0 Å². The van der Waals surface area contributed by atoms with E-state index >= 15 is 0 Å². The lowest BCUT2D eigenvalue weighted by atomic mass is 9.77. The van der Waals surface area contributed by atoms with Crippen LogP contribution in [0, 0.1) is 5.41 Å². The molecule has 0 aromatic heterocycles. The van der Waals surface area contributed by atoms with E-state index in [1.54, 1.807) is 0 Å². The van der Waals surface area contributed by atoms with E-state index in [1.807, 2.05) is 19.1 Å². The molecule has 8 heteroatoms. The number of epoxide rings is 1. The lowest BCUT2D eigenvalue weighted by molar-refractivity contribution is -0.389. The number of carbonyl (C=O) groups is 1. The fourth-order valence-electron chi connectivity index (χ4n) is 5.29. The third-order valence-corrected chi connectivity index (χ3v) is 6.95. The van der Waals surface area contributed by atoms with Gasteiger partial charge in [0, 0.05) is 36.3 Å². The second-order valence-electron chi connectivity index (χ2n) is 11.9. The molecule has 35 heavy (non-hydrogen) atoms. The zero-order chi connectivity index (χ0) is 25.5. The van der Waals surface area contributed by atoms with Crippen LogP contribution in [0.3, 0.4) is 0 Å². The van der Waals surface area contributed by atoms with Crippen molar-refractivity contribution < 1.29 is 33.3 Å². The van der Waals surface area contributed by atoms with Gasteiger partial charge in [0.25, 0.3) is 0 Å². The van der Waals surface area contributed by atoms with Gasteiger partial charge in [-0.1, -0.05) is 19.1 Å². The molecule has 4 rings (SSSR count). The van der Waals surface area contributed by atoms with Crippen LogP contribution in [0.5, 0.6) is 5.75 Å². The number of carbonyl (C=O) groups excluding carboxylic acids is 1. The van der Waals surface area contributed by atoms with E-state index in [0.29, 0.717) is 32.7 Å². The van der Waals surface area contributed by atoms with Crippen molar-refractivity contribution in [2.24, 2.45) is 5.41 Å². The summed E-state index contributed by atoms with van der Waals surface area (Å²) in [6.07, 6.45) is 1.43. The predicted octanol–water partition coefficient (Wildman–Crippen LogP) is 4.42. The standard InChI is InChI=1S/C27H41NO7/c1-19(21-8-10-22(11-9-21)30-12-23-13-31-23)35-28-24(3,4)14-27(15-25(28,5)6)33-17-26(7,18-34-27)16-32-20(2)29/h8-11,19,23H,12-18H2,1-7H3. The highest BCUT2D eigenvalue weighted by Crippen LogP contribution is 2.49. The monoisotopic (exact) mass is 491 g/mol. The Bertz CT molecular complexity index is 865. The summed E-state index contributed by atoms with van der Waals surface area (Å²) in [5, 5.41) is 2.12. The Morgan fingerprint density at radius 3 is 2.14 bits per heavy atom. The van der Waals surface area contributed by atoms with Crippen molar-refractivity contribution in [2.45, 2.75) is 90.4 Å². The number of ether oxygens (including phenoxy) is 5. The van der Waals surface area contributed by atoms with Gasteiger partial charge >= 0.3 is 5.97 Å². The molecule has 3 aliphatic heterocycles. The molecular formula is C27H41NO7. The third kappa shape index (κ3) is 6.35. The molecule has 0 aliphatic carbocycles. The highest BCUT2D eigenvalue weighted by Gasteiger charge is 2.57. The molecule has 2 atom stereocenters. The maximum Gasteiger partial charge on any atom is 0.302 e. The second-order valence-corrected chi connectivity index (χ2v) is 11.9. The summed E-state index contributed by atoms with van der Waals surface area (Å²) >= 11 is 0. The van der Waals surface area contributed by atoms with Gasteiger partial charge in [0.2, 0.25) is 0 Å². The lowest BCUT2D eigenvalue weighted by Crippen LogP contribution is -2.68. The van der Waals surface area contributed by atoms with Crippen molar-refractivity contribution in [2.75, 3.05) is 33.0 Å². The maximum absolute atomic E-state index is 11.3. The Morgan fingerprint density at radius 1 is 1.06 bits per heavy atom. The zero-order valence-electron chi connectivity index (χ0n) is 22.2. The predicted molar refractivity (Wildman–Crippen MR) is 130 cm³/mol. The van der Waals surface area contributed by atoms with E-state index in [-0.39, 0.29) is 41.3 Å². The van der Waals surface area contributed by atoms with Crippen LogP contribution in [-0.2, 0) is 28.6 Å². The SMILES string of the molecule is CC(=O)OCC1(C)COC2(CC(C)(C)N(OC(C)c3ccc(OCC4CO4)cc3)C(C)(C)C2)OC1. The molecule has 196 valence electrons. The Morgan fingerprint density at radius 2 is 1.63 bits per heavy atom. The Kier molecular flexibility index (Phi) is 7.25. The summed E-state index contributed by atoms with van der Waals surface area (Å²) in [7, 11) is 0. The molecule has 2 unspecified atom stereocenters. The molecule has 3 fully saturated rings. The summed E-state index contributed by atoms with van der Waals surface area (Å²) < 4.78 is 29.0. The molecule has 3 saturated heterocycles. The van der Waals surface area contributed by atoms with Crippen LogP contribution in [-0.4, -0.2) is 67.0 Å². The molecule has 0 N–H and O–H groups in total. The fraction of sp³-hybridized carbons (Fsp3) is 0.741.